The van der Waals surface area contributed by atoms with Crippen LogP contribution in [0.15, 0.2) is 23.3 Å². The standard InChI is InChI=1S/C10H15NO/c1-4-5-10-7-11(9(3)12)6-8(10)2/h4-5H,6-7H2,1-3H3/b5-4-. The Kier molecular flexibility index (Phi) is 2.69. The zero-order valence-corrected chi connectivity index (χ0v) is 7.92. The van der Waals surface area contributed by atoms with Crippen LogP contribution in [-0.2, 0) is 4.79 Å². The van der Waals surface area contributed by atoms with E-state index in [4.69, 9.17) is 0 Å². The molecule has 1 aliphatic rings. The average Bonchev–Trinajstić information content (AvgIpc) is 2.34. The third-order valence-electron chi connectivity index (χ3n) is 2.15. The monoisotopic (exact) mass is 165 g/mol. The Morgan fingerprint density at radius 3 is 2.58 bits per heavy atom. The van der Waals surface area contributed by atoms with Gasteiger partial charge in [0.25, 0.3) is 0 Å². The molecule has 0 aliphatic carbocycles. The van der Waals surface area contributed by atoms with Crippen LogP contribution >= 0.6 is 0 Å². The molecule has 0 atom stereocenters. The molecule has 0 radical (unpaired) electrons. The summed E-state index contributed by atoms with van der Waals surface area (Å²) in [7, 11) is 0. The molecule has 0 fully saturated rings. The van der Waals surface area contributed by atoms with E-state index in [0.29, 0.717) is 0 Å². The zero-order valence-electron chi connectivity index (χ0n) is 7.92. The number of rotatable bonds is 1. The lowest BCUT2D eigenvalue weighted by Gasteiger charge is -2.12. The molecule has 1 rings (SSSR count). The highest BCUT2D eigenvalue weighted by atomic mass is 16.2. The molecular formula is C10H15NO. The van der Waals surface area contributed by atoms with Crippen molar-refractivity contribution in [2.24, 2.45) is 0 Å². The van der Waals surface area contributed by atoms with E-state index in [1.54, 1.807) is 6.92 Å². The Bertz CT molecular complexity index is 251. The molecular weight excluding hydrogens is 150 g/mol. The van der Waals surface area contributed by atoms with Gasteiger partial charge in [-0.3, -0.25) is 4.79 Å². The first-order chi connectivity index (χ1) is 5.65. The Morgan fingerprint density at radius 2 is 2.17 bits per heavy atom. The summed E-state index contributed by atoms with van der Waals surface area (Å²) in [5.41, 5.74) is 2.59. The molecule has 12 heavy (non-hydrogen) atoms. The van der Waals surface area contributed by atoms with Gasteiger partial charge in [0.15, 0.2) is 0 Å². The van der Waals surface area contributed by atoms with Crippen molar-refractivity contribution >= 4 is 5.91 Å². The van der Waals surface area contributed by atoms with E-state index < -0.39 is 0 Å². The number of amides is 1. The van der Waals surface area contributed by atoms with Gasteiger partial charge in [0.1, 0.15) is 0 Å². The van der Waals surface area contributed by atoms with Gasteiger partial charge in [0.05, 0.1) is 0 Å². The van der Waals surface area contributed by atoms with E-state index in [1.807, 2.05) is 17.9 Å². The van der Waals surface area contributed by atoms with Crippen LogP contribution in [0.3, 0.4) is 0 Å². The van der Waals surface area contributed by atoms with Crippen molar-refractivity contribution in [1.29, 1.82) is 0 Å². The molecule has 1 heterocycles. The largest absolute Gasteiger partial charge is 0.335 e. The molecule has 0 unspecified atom stereocenters. The predicted octanol–water partition coefficient (Wildman–Crippen LogP) is 1.74. The van der Waals surface area contributed by atoms with Crippen LogP contribution in [-0.4, -0.2) is 23.9 Å². The Balaban J connectivity index is 2.67. The second kappa shape index (κ2) is 3.57. The highest BCUT2D eigenvalue weighted by Crippen LogP contribution is 2.17. The van der Waals surface area contributed by atoms with Crippen molar-refractivity contribution in [2.75, 3.05) is 13.1 Å². The number of carbonyl (C=O) groups excluding carboxylic acids is 1. The molecule has 2 nitrogen and oxygen atoms in total. The summed E-state index contributed by atoms with van der Waals surface area (Å²) in [6.07, 6.45) is 4.10. The number of carbonyl (C=O) groups is 1. The van der Waals surface area contributed by atoms with E-state index in [9.17, 15) is 4.79 Å². The minimum Gasteiger partial charge on any atom is -0.335 e. The van der Waals surface area contributed by atoms with E-state index in [-0.39, 0.29) is 5.91 Å². The molecule has 0 saturated heterocycles. The van der Waals surface area contributed by atoms with Gasteiger partial charge in [-0.15, -0.1) is 0 Å². The fourth-order valence-corrected chi connectivity index (χ4v) is 1.40. The summed E-state index contributed by atoms with van der Waals surface area (Å²) >= 11 is 0. The molecule has 0 aromatic carbocycles. The lowest BCUT2D eigenvalue weighted by molar-refractivity contribution is -0.127. The van der Waals surface area contributed by atoms with Gasteiger partial charge in [-0.1, -0.05) is 12.2 Å². The van der Waals surface area contributed by atoms with Gasteiger partial charge in [-0.25, -0.2) is 0 Å². The SMILES string of the molecule is C/C=C\C1=C(C)CN(C(C)=O)C1. The minimum absolute atomic E-state index is 0.161. The van der Waals surface area contributed by atoms with Gasteiger partial charge < -0.3 is 4.90 Å². The predicted molar refractivity (Wildman–Crippen MR) is 49.8 cm³/mol. The Morgan fingerprint density at radius 1 is 1.50 bits per heavy atom. The maximum atomic E-state index is 11.0. The Hall–Kier alpha value is -1.05. The molecule has 66 valence electrons. The van der Waals surface area contributed by atoms with Gasteiger partial charge in [-0.2, -0.15) is 0 Å². The second-order valence-electron chi connectivity index (χ2n) is 3.18. The van der Waals surface area contributed by atoms with Crippen molar-refractivity contribution in [3.63, 3.8) is 0 Å². The van der Waals surface area contributed by atoms with Crippen molar-refractivity contribution in [3.05, 3.63) is 23.3 Å². The van der Waals surface area contributed by atoms with Crippen LogP contribution < -0.4 is 0 Å². The van der Waals surface area contributed by atoms with Crippen LogP contribution in [0.25, 0.3) is 0 Å². The number of hydrogen-bond acceptors (Lipinski definition) is 1. The van der Waals surface area contributed by atoms with Crippen LogP contribution in [0.1, 0.15) is 20.8 Å². The van der Waals surface area contributed by atoms with E-state index in [2.05, 4.69) is 13.0 Å². The topological polar surface area (TPSA) is 20.3 Å². The third-order valence-corrected chi connectivity index (χ3v) is 2.15. The fourth-order valence-electron chi connectivity index (χ4n) is 1.40. The van der Waals surface area contributed by atoms with Crippen LogP contribution in [0.2, 0.25) is 0 Å². The average molecular weight is 165 g/mol. The molecule has 1 amide bonds. The van der Waals surface area contributed by atoms with E-state index in [1.165, 1.54) is 11.1 Å². The molecule has 0 aromatic rings. The van der Waals surface area contributed by atoms with Crippen molar-refractivity contribution < 1.29 is 4.79 Å². The molecule has 2 heteroatoms. The molecule has 0 saturated carbocycles. The van der Waals surface area contributed by atoms with Gasteiger partial charge in [0, 0.05) is 20.0 Å². The number of hydrogen-bond donors (Lipinski definition) is 0. The van der Waals surface area contributed by atoms with Crippen molar-refractivity contribution in [1.82, 2.24) is 4.90 Å². The minimum atomic E-state index is 0.161. The molecule has 1 aliphatic heterocycles. The first-order valence-electron chi connectivity index (χ1n) is 4.22. The van der Waals surface area contributed by atoms with Gasteiger partial charge >= 0.3 is 0 Å². The van der Waals surface area contributed by atoms with Crippen molar-refractivity contribution in [3.8, 4) is 0 Å². The summed E-state index contributed by atoms with van der Waals surface area (Å²) in [6, 6.07) is 0. The van der Waals surface area contributed by atoms with Crippen LogP contribution in [0, 0.1) is 0 Å². The summed E-state index contributed by atoms with van der Waals surface area (Å²) < 4.78 is 0. The summed E-state index contributed by atoms with van der Waals surface area (Å²) in [5.74, 6) is 0.161. The first-order valence-corrected chi connectivity index (χ1v) is 4.22. The zero-order chi connectivity index (χ0) is 9.14. The highest BCUT2D eigenvalue weighted by molar-refractivity contribution is 5.74. The van der Waals surface area contributed by atoms with Gasteiger partial charge in [-0.05, 0) is 25.0 Å². The molecule has 0 bridgehead atoms. The van der Waals surface area contributed by atoms with E-state index in [0.717, 1.165) is 13.1 Å². The maximum Gasteiger partial charge on any atom is 0.220 e. The fraction of sp³-hybridized carbons (Fsp3) is 0.500. The summed E-state index contributed by atoms with van der Waals surface area (Å²) in [5, 5.41) is 0. The van der Waals surface area contributed by atoms with Gasteiger partial charge in [0.2, 0.25) is 5.91 Å². The lowest BCUT2D eigenvalue weighted by Crippen LogP contribution is -2.26. The van der Waals surface area contributed by atoms with E-state index >= 15 is 0 Å². The number of nitrogens with zero attached hydrogens (tertiary/aromatic N) is 1. The van der Waals surface area contributed by atoms with Crippen molar-refractivity contribution in [2.45, 2.75) is 20.8 Å². The number of allylic oxidation sites excluding steroid dienone is 1. The normalized spacial score (nSPS) is 18.1. The smallest absolute Gasteiger partial charge is 0.220 e. The second-order valence-corrected chi connectivity index (χ2v) is 3.18. The lowest BCUT2D eigenvalue weighted by atomic mass is 10.2. The van der Waals surface area contributed by atoms with Crippen LogP contribution in [0.5, 0.6) is 0 Å². The Labute approximate surface area is 73.6 Å². The highest BCUT2D eigenvalue weighted by Gasteiger charge is 2.18. The molecule has 0 N–H and O–H groups in total. The summed E-state index contributed by atoms with van der Waals surface area (Å²) in [4.78, 5) is 12.9. The maximum absolute atomic E-state index is 11.0. The van der Waals surface area contributed by atoms with Crippen LogP contribution in [0.4, 0.5) is 0 Å². The molecule has 0 spiro atoms. The summed E-state index contributed by atoms with van der Waals surface area (Å²) in [6.45, 7) is 7.28. The first kappa shape index (κ1) is 9.04. The molecule has 0 aromatic heterocycles. The quantitative estimate of drug-likeness (QED) is 0.579. The third kappa shape index (κ3) is 1.76.